The van der Waals surface area contributed by atoms with Gasteiger partial charge >= 0.3 is 0 Å². The van der Waals surface area contributed by atoms with Crippen LogP contribution < -0.4 is 0 Å². The van der Waals surface area contributed by atoms with E-state index >= 15 is 0 Å². The average molecular weight is 390 g/mol. The van der Waals surface area contributed by atoms with Gasteiger partial charge in [-0.3, -0.25) is 4.79 Å². The molecule has 4 fully saturated rings. The summed E-state index contributed by atoms with van der Waals surface area (Å²) in [6, 6.07) is 0.451. The van der Waals surface area contributed by atoms with Gasteiger partial charge in [-0.1, -0.05) is 34.6 Å². The summed E-state index contributed by atoms with van der Waals surface area (Å²) in [5.74, 6) is 3.49. The zero-order valence-corrected chi connectivity index (χ0v) is 19.2. The highest BCUT2D eigenvalue weighted by molar-refractivity contribution is 5.77. The van der Waals surface area contributed by atoms with E-state index in [-0.39, 0.29) is 0 Å². The second-order valence-electron chi connectivity index (χ2n) is 11.2. The smallest absolute Gasteiger partial charge is 0.222 e. The van der Waals surface area contributed by atoms with E-state index in [0.717, 1.165) is 43.4 Å². The summed E-state index contributed by atoms with van der Waals surface area (Å²) in [5.41, 5.74) is 0.674. The van der Waals surface area contributed by atoms with Crippen LogP contribution in [-0.4, -0.2) is 36.1 Å². The molecular weight excluding hydrogens is 346 g/mol. The van der Waals surface area contributed by atoms with Crippen LogP contribution in [0.3, 0.4) is 0 Å². The maximum Gasteiger partial charge on any atom is 0.222 e. The van der Waals surface area contributed by atoms with Crippen LogP contribution in [0, 0.1) is 34.5 Å². The molecule has 0 spiro atoms. The Kier molecular flexibility index (Phi) is 5.39. The molecule has 1 amide bonds. The Balaban J connectivity index is 1.60. The van der Waals surface area contributed by atoms with Gasteiger partial charge in [0.25, 0.3) is 0 Å². The van der Waals surface area contributed by atoms with Crippen molar-refractivity contribution in [2.24, 2.45) is 34.5 Å². The first kappa shape index (κ1) is 20.7. The Bertz CT molecular complexity index is 601. The van der Waals surface area contributed by atoms with E-state index in [1.807, 2.05) is 0 Å². The van der Waals surface area contributed by atoms with Crippen molar-refractivity contribution in [2.75, 3.05) is 7.05 Å². The minimum absolute atomic E-state index is 0.315. The molecule has 3 heteroatoms. The Hall–Kier alpha value is -0.570. The van der Waals surface area contributed by atoms with E-state index in [0.29, 0.717) is 40.9 Å². The molecule has 0 aromatic carbocycles. The van der Waals surface area contributed by atoms with Gasteiger partial charge in [0.1, 0.15) is 0 Å². The third-order valence-corrected chi connectivity index (χ3v) is 10.1. The van der Waals surface area contributed by atoms with Crippen LogP contribution in [0.4, 0.5) is 0 Å². The van der Waals surface area contributed by atoms with Crippen LogP contribution in [-0.2, 0) is 9.53 Å². The van der Waals surface area contributed by atoms with Gasteiger partial charge in [-0.2, -0.15) is 0 Å². The molecule has 1 aliphatic heterocycles. The average Bonchev–Trinajstić information content (AvgIpc) is 3.01. The van der Waals surface area contributed by atoms with Crippen LogP contribution in [0.25, 0.3) is 0 Å². The third-order valence-electron chi connectivity index (χ3n) is 10.1. The molecule has 0 aromatic heterocycles. The van der Waals surface area contributed by atoms with E-state index in [1.165, 1.54) is 32.1 Å². The second-order valence-corrected chi connectivity index (χ2v) is 11.2. The van der Waals surface area contributed by atoms with Crippen molar-refractivity contribution in [3.05, 3.63) is 0 Å². The summed E-state index contributed by atoms with van der Waals surface area (Å²) in [4.78, 5) is 14.5. The molecule has 3 unspecified atom stereocenters. The number of likely N-dealkylation sites (tertiary alicyclic amines) is 1. The Labute approximate surface area is 173 Å². The van der Waals surface area contributed by atoms with Crippen molar-refractivity contribution < 1.29 is 9.53 Å². The summed E-state index contributed by atoms with van der Waals surface area (Å²) < 4.78 is 6.71. The Morgan fingerprint density at radius 3 is 2.43 bits per heavy atom. The topological polar surface area (TPSA) is 29.5 Å². The largest absolute Gasteiger partial charge is 0.374 e. The van der Waals surface area contributed by atoms with E-state index in [4.69, 9.17) is 4.74 Å². The van der Waals surface area contributed by atoms with Crippen molar-refractivity contribution >= 4 is 5.91 Å². The number of hydrogen-bond acceptors (Lipinski definition) is 2. The maximum atomic E-state index is 12.4. The number of hydrogen-bond donors (Lipinski definition) is 0. The fraction of sp³-hybridized carbons (Fsp3) is 0.960. The lowest BCUT2D eigenvalue weighted by atomic mass is 9.45. The fourth-order valence-corrected chi connectivity index (χ4v) is 8.35. The van der Waals surface area contributed by atoms with Crippen LogP contribution in [0.15, 0.2) is 0 Å². The van der Waals surface area contributed by atoms with Crippen LogP contribution in [0.5, 0.6) is 0 Å². The first-order valence-corrected chi connectivity index (χ1v) is 12.2. The van der Waals surface area contributed by atoms with E-state index in [2.05, 4.69) is 46.6 Å². The number of ether oxygens (including phenoxy) is 1. The minimum Gasteiger partial charge on any atom is -0.374 e. The van der Waals surface area contributed by atoms with Gasteiger partial charge in [-0.25, -0.2) is 0 Å². The number of carbonyl (C=O) groups excluding carboxylic acids is 1. The lowest BCUT2D eigenvalue weighted by Crippen LogP contribution is -2.63. The SMILES string of the molecule is CCC(CC)OC1CC[C@H]2[C@@H]3C(C)CC4N(C)C(=O)CC[C@]4(C)[C@@H]3CC[C@]12C. The molecule has 3 aliphatic carbocycles. The number of amides is 1. The van der Waals surface area contributed by atoms with Crippen molar-refractivity contribution in [3.63, 3.8) is 0 Å². The standard InChI is InChI=1S/C25H43NO2/c1-7-17(8-2)28-21-10-9-18-23-16(3)15-20-24(4,14-12-22(27)26(20)6)19(23)11-13-25(18,21)5/h16-21,23H,7-15H2,1-6H3/t16?,18-,19+,20?,21?,23-,24+,25-/m0/s1. The predicted octanol–water partition coefficient (Wildman–Crippen LogP) is 5.67. The fourth-order valence-electron chi connectivity index (χ4n) is 8.35. The van der Waals surface area contributed by atoms with Crippen LogP contribution in [0.2, 0.25) is 0 Å². The number of fused-ring (bicyclic) bond motifs is 5. The van der Waals surface area contributed by atoms with Crippen molar-refractivity contribution in [2.45, 2.75) is 111 Å². The number of rotatable bonds is 4. The molecule has 3 nitrogen and oxygen atoms in total. The molecule has 0 radical (unpaired) electrons. The van der Waals surface area contributed by atoms with Crippen molar-refractivity contribution in [1.29, 1.82) is 0 Å². The molecule has 0 aromatic rings. The molecule has 8 atom stereocenters. The lowest BCUT2D eigenvalue weighted by molar-refractivity contribution is -0.174. The summed E-state index contributed by atoms with van der Waals surface area (Å²) in [6.07, 6.45) is 11.5. The van der Waals surface area contributed by atoms with Crippen molar-refractivity contribution in [1.82, 2.24) is 4.90 Å². The molecule has 28 heavy (non-hydrogen) atoms. The highest BCUT2D eigenvalue weighted by Crippen LogP contribution is 2.66. The first-order valence-electron chi connectivity index (χ1n) is 12.2. The van der Waals surface area contributed by atoms with Gasteiger partial charge in [0.05, 0.1) is 12.2 Å². The summed E-state index contributed by atoms with van der Waals surface area (Å²) in [6.45, 7) is 12.1. The molecule has 0 N–H and O–H groups in total. The number of piperidine rings is 1. The maximum absolute atomic E-state index is 12.4. The van der Waals surface area contributed by atoms with Gasteiger partial charge in [-0.05, 0) is 85.9 Å². The zero-order valence-electron chi connectivity index (χ0n) is 19.2. The summed E-state index contributed by atoms with van der Waals surface area (Å²) >= 11 is 0. The Morgan fingerprint density at radius 2 is 1.75 bits per heavy atom. The molecule has 4 rings (SSSR count). The monoisotopic (exact) mass is 389 g/mol. The molecule has 3 saturated carbocycles. The second kappa shape index (κ2) is 7.29. The summed E-state index contributed by atoms with van der Waals surface area (Å²) in [5, 5.41) is 0. The van der Waals surface area contributed by atoms with E-state index < -0.39 is 0 Å². The molecule has 1 heterocycles. The summed E-state index contributed by atoms with van der Waals surface area (Å²) in [7, 11) is 2.07. The minimum atomic E-state index is 0.315. The van der Waals surface area contributed by atoms with E-state index in [9.17, 15) is 4.79 Å². The predicted molar refractivity (Wildman–Crippen MR) is 114 cm³/mol. The van der Waals surface area contributed by atoms with Gasteiger partial charge in [-0.15, -0.1) is 0 Å². The molecular formula is C25H43NO2. The highest BCUT2D eigenvalue weighted by Gasteiger charge is 2.63. The van der Waals surface area contributed by atoms with Crippen LogP contribution in [0.1, 0.15) is 92.4 Å². The number of nitrogens with zero attached hydrogens (tertiary/aromatic N) is 1. The van der Waals surface area contributed by atoms with Gasteiger partial charge in [0.15, 0.2) is 0 Å². The number of carbonyl (C=O) groups is 1. The van der Waals surface area contributed by atoms with Crippen molar-refractivity contribution in [3.8, 4) is 0 Å². The highest BCUT2D eigenvalue weighted by atomic mass is 16.5. The lowest BCUT2D eigenvalue weighted by Gasteiger charge is -2.63. The first-order chi connectivity index (χ1) is 13.3. The Morgan fingerprint density at radius 1 is 1.07 bits per heavy atom. The molecule has 0 bridgehead atoms. The van der Waals surface area contributed by atoms with Gasteiger partial charge < -0.3 is 9.64 Å². The zero-order chi connectivity index (χ0) is 20.3. The van der Waals surface area contributed by atoms with E-state index in [1.54, 1.807) is 0 Å². The van der Waals surface area contributed by atoms with Crippen LogP contribution >= 0.6 is 0 Å². The normalized spacial score (nSPS) is 48.4. The van der Waals surface area contributed by atoms with Gasteiger partial charge in [0.2, 0.25) is 5.91 Å². The molecule has 160 valence electrons. The molecule has 4 aliphatic rings. The quantitative estimate of drug-likeness (QED) is 0.620. The molecule has 1 saturated heterocycles. The third kappa shape index (κ3) is 2.89. The van der Waals surface area contributed by atoms with Gasteiger partial charge in [0, 0.05) is 19.5 Å².